The fraction of sp³-hybridized carbons (Fsp3) is 0.280. The molecule has 0 bridgehead atoms. The van der Waals surface area contributed by atoms with Gasteiger partial charge in [-0.1, -0.05) is 0 Å². The number of aryl methyl sites for hydroxylation is 3. The lowest BCUT2D eigenvalue weighted by atomic mass is 10.1. The van der Waals surface area contributed by atoms with Crippen LogP contribution in [0.1, 0.15) is 40.4 Å². The van der Waals surface area contributed by atoms with Crippen molar-refractivity contribution in [2.24, 2.45) is 0 Å². The first-order valence-corrected chi connectivity index (χ1v) is 11.3. The smallest absolute Gasteiger partial charge is 0.416 e. The molecule has 0 spiro atoms. The van der Waals surface area contributed by atoms with Crippen molar-refractivity contribution in [1.29, 1.82) is 0 Å². The van der Waals surface area contributed by atoms with Gasteiger partial charge in [-0.05, 0) is 63.1 Å². The van der Waals surface area contributed by atoms with Crippen LogP contribution in [0.4, 0.5) is 19.1 Å². The molecule has 0 aliphatic heterocycles. The number of anilines is 1. The molecule has 0 atom stereocenters. The highest BCUT2D eigenvalue weighted by molar-refractivity contribution is 5.91. The predicted octanol–water partition coefficient (Wildman–Crippen LogP) is 5.24. The molecule has 186 valence electrons. The predicted molar refractivity (Wildman–Crippen MR) is 127 cm³/mol. The molecule has 4 aromatic heterocycles. The van der Waals surface area contributed by atoms with Gasteiger partial charge in [0, 0.05) is 23.9 Å². The van der Waals surface area contributed by atoms with Crippen LogP contribution in [0.5, 0.6) is 0 Å². The second-order valence-electron chi connectivity index (χ2n) is 8.67. The number of carbonyl (C=O) groups is 1. The normalized spacial score (nSPS) is 12.1. The van der Waals surface area contributed by atoms with E-state index < -0.39 is 11.7 Å². The van der Waals surface area contributed by atoms with Crippen LogP contribution in [0.25, 0.3) is 16.7 Å². The van der Waals surface area contributed by atoms with Crippen molar-refractivity contribution >= 4 is 28.5 Å². The number of nitrogens with zero attached hydrogens (tertiary/aromatic N) is 5. The SMILES string of the molecule is Cc1cc2nc(C)c(CCC(=O)Nc3nc4cc(C(F)(F)F)ccc4n3Cc3ccco3)c(C)n2n1. The molecule has 1 aromatic carbocycles. The summed E-state index contributed by atoms with van der Waals surface area (Å²) in [6.45, 7) is 5.91. The van der Waals surface area contributed by atoms with Crippen molar-refractivity contribution in [3.05, 3.63) is 76.6 Å². The van der Waals surface area contributed by atoms with Gasteiger partial charge in [-0.15, -0.1) is 0 Å². The highest BCUT2D eigenvalue weighted by Gasteiger charge is 2.31. The molecule has 1 N–H and O–H groups in total. The topological polar surface area (TPSA) is 90.2 Å². The molecule has 8 nitrogen and oxygen atoms in total. The molecular weight excluding hydrogens is 473 g/mol. The Morgan fingerprint density at radius 2 is 1.92 bits per heavy atom. The first-order chi connectivity index (χ1) is 17.1. The van der Waals surface area contributed by atoms with Crippen LogP contribution in [0, 0.1) is 20.8 Å². The number of aromatic nitrogens is 5. The van der Waals surface area contributed by atoms with Crippen LogP contribution in [0.2, 0.25) is 0 Å². The number of fused-ring (bicyclic) bond motifs is 2. The number of furan rings is 1. The summed E-state index contributed by atoms with van der Waals surface area (Å²) in [7, 11) is 0. The van der Waals surface area contributed by atoms with E-state index >= 15 is 0 Å². The number of alkyl halides is 3. The third-order valence-corrected chi connectivity index (χ3v) is 6.11. The van der Waals surface area contributed by atoms with Crippen LogP contribution in [-0.4, -0.2) is 30.1 Å². The van der Waals surface area contributed by atoms with E-state index in [9.17, 15) is 18.0 Å². The highest BCUT2D eigenvalue weighted by Crippen LogP contribution is 2.32. The number of benzene rings is 1. The maximum absolute atomic E-state index is 13.2. The molecule has 0 aliphatic rings. The van der Waals surface area contributed by atoms with Crippen LogP contribution in [0.3, 0.4) is 0 Å². The van der Waals surface area contributed by atoms with Gasteiger partial charge in [-0.2, -0.15) is 18.3 Å². The lowest BCUT2D eigenvalue weighted by molar-refractivity contribution is -0.137. The molecule has 5 aromatic rings. The van der Waals surface area contributed by atoms with Gasteiger partial charge in [0.15, 0.2) is 5.65 Å². The number of amides is 1. The average molecular weight is 496 g/mol. The van der Waals surface area contributed by atoms with Crippen molar-refractivity contribution in [3.8, 4) is 0 Å². The first kappa shape index (κ1) is 23.6. The van der Waals surface area contributed by atoms with Crippen molar-refractivity contribution in [3.63, 3.8) is 0 Å². The zero-order valence-corrected chi connectivity index (χ0v) is 19.8. The molecule has 5 rings (SSSR count). The largest absolute Gasteiger partial charge is 0.467 e. The number of halogens is 3. The standard InChI is InChI=1S/C25H23F3N6O2/c1-14-11-22-29-15(2)19(16(3)34(22)32-14)7-9-23(35)31-24-30-20-12-17(25(26,27)28)6-8-21(20)33(24)13-18-5-4-10-36-18/h4-6,8,10-12H,7,9,13H2,1-3H3,(H,30,31,35). The summed E-state index contributed by atoms with van der Waals surface area (Å²) in [6.07, 6.45) is -2.44. The number of imidazole rings is 1. The average Bonchev–Trinajstić information content (AvgIpc) is 3.52. The molecule has 0 aliphatic carbocycles. The maximum atomic E-state index is 13.2. The summed E-state index contributed by atoms with van der Waals surface area (Å²) >= 11 is 0. The molecule has 0 fully saturated rings. The molecule has 0 radical (unpaired) electrons. The Hall–Kier alpha value is -4.15. The lowest BCUT2D eigenvalue weighted by Gasteiger charge is -2.12. The summed E-state index contributed by atoms with van der Waals surface area (Å²) in [5, 5.41) is 7.22. The summed E-state index contributed by atoms with van der Waals surface area (Å²) in [4.78, 5) is 21.8. The number of nitrogens with one attached hydrogen (secondary N) is 1. The first-order valence-electron chi connectivity index (χ1n) is 11.3. The molecule has 36 heavy (non-hydrogen) atoms. The number of hydrogen-bond acceptors (Lipinski definition) is 5. The van der Waals surface area contributed by atoms with Crippen LogP contribution in [-0.2, 0) is 23.9 Å². The molecule has 0 saturated carbocycles. The third-order valence-electron chi connectivity index (χ3n) is 6.11. The van der Waals surface area contributed by atoms with Crippen molar-refractivity contribution < 1.29 is 22.4 Å². The summed E-state index contributed by atoms with van der Waals surface area (Å²) in [5.74, 6) is 0.401. The maximum Gasteiger partial charge on any atom is 0.416 e. The molecular formula is C25H23F3N6O2. The fourth-order valence-electron chi connectivity index (χ4n) is 4.35. The summed E-state index contributed by atoms with van der Waals surface area (Å²) < 4.78 is 48.5. The van der Waals surface area contributed by atoms with E-state index in [1.807, 2.05) is 26.8 Å². The van der Waals surface area contributed by atoms with Crippen molar-refractivity contribution in [2.75, 3.05) is 5.32 Å². The van der Waals surface area contributed by atoms with Crippen LogP contribution < -0.4 is 5.32 Å². The summed E-state index contributed by atoms with van der Waals surface area (Å²) in [6, 6.07) is 8.68. The monoisotopic (exact) mass is 496 g/mol. The zero-order chi connectivity index (χ0) is 25.6. The van der Waals surface area contributed by atoms with E-state index in [0.29, 0.717) is 17.7 Å². The Kier molecular flexibility index (Phi) is 5.77. The molecule has 0 saturated heterocycles. The zero-order valence-electron chi connectivity index (χ0n) is 19.8. The minimum atomic E-state index is -4.50. The van der Waals surface area contributed by atoms with E-state index in [-0.39, 0.29) is 30.3 Å². The lowest BCUT2D eigenvalue weighted by Crippen LogP contribution is -2.17. The number of rotatable bonds is 6. The Morgan fingerprint density at radius 3 is 2.64 bits per heavy atom. The van der Waals surface area contributed by atoms with Gasteiger partial charge in [0.2, 0.25) is 11.9 Å². The van der Waals surface area contributed by atoms with Gasteiger partial charge < -0.3 is 8.98 Å². The fourth-order valence-corrected chi connectivity index (χ4v) is 4.35. The quantitative estimate of drug-likeness (QED) is 0.347. The second-order valence-corrected chi connectivity index (χ2v) is 8.67. The van der Waals surface area contributed by atoms with E-state index in [0.717, 1.165) is 40.4 Å². The van der Waals surface area contributed by atoms with Gasteiger partial charge in [0.05, 0.1) is 35.1 Å². The number of hydrogen-bond donors (Lipinski definition) is 1. The number of carbonyl (C=O) groups excluding carboxylic acids is 1. The highest BCUT2D eigenvalue weighted by atomic mass is 19.4. The van der Waals surface area contributed by atoms with Crippen molar-refractivity contribution in [2.45, 2.75) is 46.3 Å². The molecule has 1 amide bonds. The molecule has 4 heterocycles. The van der Waals surface area contributed by atoms with Gasteiger partial charge in [-0.25, -0.2) is 14.5 Å². The van der Waals surface area contributed by atoms with Gasteiger partial charge in [0.1, 0.15) is 5.76 Å². The van der Waals surface area contributed by atoms with Gasteiger partial charge >= 0.3 is 6.18 Å². The Labute approximate surface area is 203 Å². The van der Waals surface area contributed by atoms with E-state index in [2.05, 4.69) is 20.4 Å². The Morgan fingerprint density at radius 1 is 1.11 bits per heavy atom. The minimum Gasteiger partial charge on any atom is -0.467 e. The second kappa shape index (κ2) is 8.81. The van der Waals surface area contributed by atoms with E-state index in [4.69, 9.17) is 4.42 Å². The van der Waals surface area contributed by atoms with Crippen molar-refractivity contribution in [1.82, 2.24) is 24.1 Å². The summed E-state index contributed by atoms with van der Waals surface area (Å²) in [5.41, 5.74) is 4.01. The van der Waals surface area contributed by atoms with Crippen LogP contribution in [0.15, 0.2) is 47.1 Å². The minimum absolute atomic E-state index is 0.127. The Balaban J connectivity index is 1.41. The van der Waals surface area contributed by atoms with E-state index in [1.165, 1.54) is 12.3 Å². The van der Waals surface area contributed by atoms with E-state index in [1.54, 1.807) is 21.2 Å². The van der Waals surface area contributed by atoms with Crippen LogP contribution >= 0.6 is 0 Å². The molecule has 11 heteroatoms. The Bertz CT molecular complexity index is 1580. The molecule has 0 unspecified atom stereocenters. The third kappa shape index (κ3) is 4.43. The van der Waals surface area contributed by atoms with Gasteiger partial charge in [-0.3, -0.25) is 10.1 Å². The van der Waals surface area contributed by atoms with Gasteiger partial charge in [0.25, 0.3) is 0 Å².